The lowest BCUT2D eigenvalue weighted by Crippen LogP contribution is -2.15. The van der Waals surface area contributed by atoms with Crippen molar-refractivity contribution in [1.82, 2.24) is 0 Å². The lowest BCUT2D eigenvalue weighted by atomic mass is 9.87. The average molecular weight is 611 g/mol. The summed E-state index contributed by atoms with van der Waals surface area (Å²) in [6, 6.07) is 26.3. The smallest absolute Gasteiger partial charge is 0.161 e. The number of hydrogen-bond acceptors (Lipinski definition) is 8. The van der Waals surface area contributed by atoms with Crippen LogP contribution in [0.1, 0.15) is 37.5 Å². The summed E-state index contributed by atoms with van der Waals surface area (Å²) in [4.78, 5) is 0. The summed E-state index contributed by atoms with van der Waals surface area (Å²) < 4.78 is 45.8. The average Bonchev–Trinajstić information content (AvgIpc) is 3.03. The molecule has 0 fully saturated rings. The first kappa shape index (κ1) is 35.5. The fourth-order valence-electron chi connectivity index (χ4n) is 4.04. The van der Waals surface area contributed by atoms with Gasteiger partial charge in [-0.3, -0.25) is 0 Å². The summed E-state index contributed by atoms with van der Waals surface area (Å²) in [6.07, 6.45) is 0. The normalized spacial score (nSPS) is 11.5. The molecule has 44 heavy (non-hydrogen) atoms. The predicted octanol–water partition coefficient (Wildman–Crippen LogP) is 6.24. The maximum atomic E-state index is 6.06. The molecular formula is C36H50O8. The number of hydrogen-bond donors (Lipinski definition) is 0. The van der Waals surface area contributed by atoms with Crippen LogP contribution in [-0.2, 0) is 47.0 Å². The molecule has 0 amide bonds. The SMILES string of the molecule is CC(C)(C)c1ccc(OCCOCCOCCOCc2ccccc2)c(OCCOCCOCCOCc2ccccc2)c1. The Kier molecular flexibility index (Phi) is 17.5. The van der Waals surface area contributed by atoms with E-state index in [1.165, 1.54) is 5.56 Å². The molecule has 8 heteroatoms. The maximum absolute atomic E-state index is 6.06. The Bertz CT molecular complexity index is 1120. The van der Waals surface area contributed by atoms with Gasteiger partial charge in [0.2, 0.25) is 0 Å². The van der Waals surface area contributed by atoms with Crippen molar-refractivity contribution in [2.24, 2.45) is 0 Å². The third-order valence-corrected chi connectivity index (χ3v) is 6.49. The first-order valence-corrected chi connectivity index (χ1v) is 15.5. The Hall–Kier alpha value is -2.98. The molecule has 0 aliphatic heterocycles. The van der Waals surface area contributed by atoms with Crippen LogP contribution in [0.25, 0.3) is 0 Å². The Balaban J connectivity index is 1.22. The molecule has 3 aromatic carbocycles. The zero-order chi connectivity index (χ0) is 31.1. The van der Waals surface area contributed by atoms with Crippen molar-refractivity contribution >= 4 is 0 Å². The quantitative estimate of drug-likeness (QED) is 0.110. The summed E-state index contributed by atoms with van der Waals surface area (Å²) in [7, 11) is 0. The molecule has 0 aromatic heterocycles. The molecule has 242 valence electrons. The molecule has 0 bridgehead atoms. The first-order valence-electron chi connectivity index (χ1n) is 15.5. The summed E-state index contributed by atoms with van der Waals surface area (Å²) in [5, 5.41) is 0. The van der Waals surface area contributed by atoms with E-state index < -0.39 is 0 Å². The van der Waals surface area contributed by atoms with Gasteiger partial charge in [0, 0.05) is 0 Å². The van der Waals surface area contributed by atoms with Crippen LogP contribution in [0.3, 0.4) is 0 Å². The van der Waals surface area contributed by atoms with Crippen molar-refractivity contribution in [2.75, 3.05) is 79.3 Å². The molecule has 8 nitrogen and oxygen atoms in total. The van der Waals surface area contributed by atoms with Crippen LogP contribution in [0.4, 0.5) is 0 Å². The molecule has 0 N–H and O–H groups in total. The predicted molar refractivity (Wildman–Crippen MR) is 172 cm³/mol. The third kappa shape index (κ3) is 15.7. The van der Waals surface area contributed by atoms with Crippen LogP contribution in [0, 0.1) is 0 Å². The van der Waals surface area contributed by atoms with Crippen molar-refractivity contribution < 1.29 is 37.9 Å². The zero-order valence-corrected chi connectivity index (χ0v) is 26.7. The minimum Gasteiger partial charge on any atom is -0.487 e. The molecule has 0 atom stereocenters. The maximum Gasteiger partial charge on any atom is 0.161 e. The second-order valence-electron chi connectivity index (χ2n) is 11.1. The van der Waals surface area contributed by atoms with Crippen molar-refractivity contribution in [2.45, 2.75) is 39.4 Å². The molecule has 0 heterocycles. The molecule has 0 aliphatic carbocycles. The Morgan fingerprint density at radius 1 is 0.409 bits per heavy atom. The van der Waals surface area contributed by atoms with Crippen LogP contribution in [-0.4, -0.2) is 79.3 Å². The van der Waals surface area contributed by atoms with Gasteiger partial charge in [0.1, 0.15) is 13.2 Å². The number of benzene rings is 3. The molecular weight excluding hydrogens is 560 g/mol. The lowest BCUT2D eigenvalue weighted by Gasteiger charge is -2.21. The third-order valence-electron chi connectivity index (χ3n) is 6.49. The van der Waals surface area contributed by atoms with E-state index in [2.05, 4.69) is 26.8 Å². The van der Waals surface area contributed by atoms with Gasteiger partial charge in [-0.05, 0) is 34.2 Å². The van der Waals surface area contributed by atoms with Crippen molar-refractivity contribution in [3.05, 3.63) is 95.6 Å². The first-order chi connectivity index (χ1) is 21.5. The summed E-state index contributed by atoms with van der Waals surface area (Å²) in [6.45, 7) is 13.6. The van der Waals surface area contributed by atoms with Gasteiger partial charge in [0.05, 0.1) is 79.3 Å². The fraction of sp³-hybridized carbons (Fsp3) is 0.500. The fourth-order valence-corrected chi connectivity index (χ4v) is 4.04. The summed E-state index contributed by atoms with van der Waals surface area (Å²) in [5.74, 6) is 1.39. The van der Waals surface area contributed by atoms with Crippen LogP contribution >= 0.6 is 0 Å². The molecule has 3 aromatic rings. The van der Waals surface area contributed by atoms with Crippen molar-refractivity contribution in [1.29, 1.82) is 0 Å². The highest BCUT2D eigenvalue weighted by molar-refractivity contribution is 5.44. The molecule has 0 saturated heterocycles. The second-order valence-corrected chi connectivity index (χ2v) is 11.1. The van der Waals surface area contributed by atoms with Crippen LogP contribution < -0.4 is 9.47 Å². The van der Waals surface area contributed by atoms with Gasteiger partial charge in [0.15, 0.2) is 11.5 Å². The van der Waals surface area contributed by atoms with E-state index in [0.29, 0.717) is 104 Å². The van der Waals surface area contributed by atoms with Crippen molar-refractivity contribution in [3.63, 3.8) is 0 Å². The Morgan fingerprint density at radius 3 is 1.23 bits per heavy atom. The van der Waals surface area contributed by atoms with E-state index in [1.54, 1.807) is 0 Å². The highest BCUT2D eigenvalue weighted by Crippen LogP contribution is 2.33. The highest BCUT2D eigenvalue weighted by Gasteiger charge is 2.17. The molecule has 0 spiro atoms. The van der Waals surface area contributed by atoms with Crippen LogP contribution in [0.5, 0.6) is 11.5 Å². The highest BCUT2D eigenvalue weighted by atomic mass is 16.6. The largest absolute Gasteiger partial charge is 0.487 e. The Morgan fingerprint density at radius 2 is 0.795 bits per heavy atom. The number of ether oxygens (including phenoxy) is 8. The van der Waals surface area contributed by atoms with Gasteiger partial charge in [-0.1, -0.05) is 87.5 Å². The molecule has 3 rings (SSSR count). The van der Waals surface area contributed by atoms with Crippen LogP contribution in [0.2, 0.25) is 0 Å². The van der Waals surface area contributed by atoms with E-state index in [4.69, 9.17) is 37.9 Å². The lowest BCUT2D eigenvalue weighted by molar-refractivity contribution is 0.00460. The monoisotopic (exact) mass is 610 g/mol. The summed E-state index contributed by atoms with van der Waals surface area (Å²) >= 11 is 0. The van der Waals surface area contributed by atoms with Gasteiger partial charge < -0.3 is 37.9 Å². The van der Waals surface area contributed by atoms with Crippen LogP contribution in [0.15, 0.2) is 78.9 Å². The van der Waals surface area contributed by atoms with Gasteiger partial charge in [-0.25, -0.2) is 0 Å². The minimum absolute atomic E-state index is 0.00894. The van der Waals surface area contributed by atoms with E-state index in [9.17, 15) is 0 Å². The Labute approximate surface area is 263 Å². The minimum atomic E-state index is -0.00894. The van der Waals surface area contributed by atoms with Gasteiger partial charge in [-0.15, -0.1) is 0 Å². The molecule has 0 saturated carbocycles. The van der Waals surface area contributed by atoms with Crippen molar-refractivity contribution in [3.8, 4) is 11.5 Å². The van der Waals surface area contributed by atoms with Gasteiger partial charge in [-0.2, -0.15) is 0 Å². The summed E-state index contributed by atoms with van der Waals surface area (Å²) in [5.41, 5.74) is 3.47. The topological polar surface area (TPSA) is 73.8 Å². The molecule has 0 aliphatic rings. The van der Waals surface area contributed by atoms with E-state index in [0.717, 1.165) is 11.1 Å². The second kappa shape index (κ2) is 21.7. The standard InChI is InChI=1S/C36H50O8/c1-36(2,3)33-14-15-34(43-26-24-39-18-16-37-20-22-41-29-31-10-6-4-7-11-31)35(28-33)44-27-25-40-19-17-38-21-23-42-30-32-12-8-5-9-13-32/h4-15,28H,16-27,29-30H2,1-3H3. The number of rotatable bonds is 24. The molecule has 0 unspecified atom stereocenters. The van der Waals surface area contributed by atoms with Gasteiger partial charge >= 0.3 is 0 Å². The molecule has 0 radical (unpaired) electrons. The van der Waals surface area contributed by atoms with E-state index in [1.807, 2.05) is 72.8 Å². The zero-order valence-electron chi connectivity index (χ0n) is 26.7. The van der Waals surface area contributed by atoms with Gasteiger partial charge in [0.25, 0.3) is 0 Å². The van der Waals surface area contributed by atoms with E-state index in [-0.39, 0.29) is 5.41 Å². The van der Waals surface area contributed by atoms with E-state index >= 15 is 0 Å².